The summed E-state index contributed by atoms with van der Waals surface area (Å²) in [5.41, 5.74) is 7.35. The minimum atomic E-state index is -0.0961. The molecule has 1 aromatic heterocycles. The SMILES string of the molecule is CCC(CO)Nc1nc(-c2cccc(Cl)c2)cnc1N. The van der Waals surface area contributed by atoms with Gasteiger partial charge in [-0.15, -0.1) is 0 Å². The number of nitrogens with one attached hydrogen (secondary N) is 1. The number of hydrogen-bond donors (Lipinski definition) is 3. The van der Waals surface area contributed by atoms with E-state index in [9.17, 15) is 5.11 Å². The van der Waals surface area contributed by atoms with E-state index >= 15 is 0 Å². The van der Waals surface area contributed by atoms with Gasteiger partial charge in [-0.1, -0.05) is 30.7 Å². The number of nitrogens with zero attached hydrogens (tertiary/aromatic N) is 2. The number of rotatable bonds is 5. The third-order valence-corrected chi connectivity index (χ3v) is 3.21. The van der Waals surface area contributed by atoms with Crippen LogP contribution in [0.3, 0.4) is 0 Å². The van der Waals surface area contributed by atoms with Crippen LogP contribution >= 0.6 is 11.6 Å². The molecule has 0 saturated heterocycles. The predicted octanol–water partition coefficient (Wildman–Crippen LogP) is 2.56. The van der Waals surface area contributed by atoms with Crippen molar-refractivity contribution >= 4 is 23.2 Å². The van der Waals surface area contributed by atoms with E-state index in [-0.39, 0.29) is 12.6 Å². The van der Waals surface area contributed by atoms with Crippen molar-refractivity contribution < 1.29 is 5.11 Å². The molecule has 2 aromatic rings. The van der Waals surface area contributed by atoms with Crippen molar-refractivity contribution in [3.05, 3.63) is 35.5 Å². The molecule has 20 heavy (non-hydrogen) atoms. The van der Waals surface area contributed by atoms with Gasteiger partial charge in [-0.2, -0.15) is 0 Å². The molecule has 4 N–H and O–H groups in total. The van der Waals surface area contributed by atoms with Crippen LogP contribution in [-0.2, 0) is 0 Å². The Labute approximate surface area is 122 Å². The minimum Gasteiger partial charge on any atom is -0.394 e. The second-order valence-electron chi connectivity index (χ2n) is 4.43. The predicted molar refractivity (Wildman–Crippen MR) is 81.7 cm³/mol. The van der Waals surface area contributed by atoms with Gasteiger partial charge in [-0.25, -0.2) is 9.97 Å². The summed E-state index contributed by atoms with van der Waals surface area (Å²) in [4.78, 5) is 8.59. The van der Waals surface area contributed by atoms with E-state index in [0.717, 1.165) is 12.0 Å². The summed E-state index contributed by atoms with van der Waals surface area (Å²) in [6, 6.07) is 7.27. The molecule has 0 aliphatic carbocycles. The zero-order valence-electron chi connectivity index (χ0n) is 11.2. The van der Waals surface area contributed by atoms with E-state index in [1.165, 1.54) is 0 Å². The molecular weight excluding hydrogens is 276 g/mol. The Morgan fingerprint density at radius 3 is 2.90 bits per heavy atom. The highest BCUT2D eigenvalue weighted by atomic mass is 35.5. The van der Waals surface area contributed by atoms with Gasteiger partial charge in [0.05, 0.1) is 24.5 Å². The van der Waals surface area contributed by atoms with Crippen LogP contribution in [0.15, 0.2) is 30.5 Å². The standard InChI is InChI=1S/C14H17ClN4O/c1-2-11(8-20)18-14-13(16)17-7-12(19-14)9-4-3-5-10(15)6-9/h3-7,11,20H,2,8H2,1H3,(H2,16,17)(H,18,19). The third-order valence-electron chi connectivity index (χ3n) is 2.98. The van der Waals surface area contributed by atoms with Gasteiger partial charge in [0, 0.05) is 10.6 Å². The molecule has 0 bridgehead atoms. The maximum absolute atomic E-state index is 9.23. The summed E-state index contributed by atoms with van der Waals surface area (Å²) in [5, 5.41) is 13.0. The van der Waals surface area contributed by atoms with Gasteiger partial charge in [-0.05, 0) is 18.6 Å². The number of aliphatic hydroxyl groups excluding tert-OH is 1. The molecule has 1 heterocycles. The average Bonchev–Trinajstić information content (AvgIpc) is 2.46. The molecule has 5 nitrogen and oxygen atoms in total. The molecule has 0 spiro atoms. The summed E-state index contributed by atoms with van der Waals surface area (Å²) in [5.74, 6) is 0.783. The van der Waals surface area contributed by atoms with Gasteiger partial charge >= 0.3 is 0 Å². The number of aliphatic hydroxyl groups is 1. The Kier molecular flexibility index (Phi) is 4.76. The lowest BCUT2D eigenvalue weighted by molar-refractivity contribution is 0.271. The third kappa shape index (κ3) is 3.37. The van der Waals surface area contributed by atoms with Gasteiger partial charge in [0.15, 0.2) is 11.6 Å². The number of aromatic nitrogens is 2. The highest BCUT2D eigenvalue weighted by molar-refractivity contribution is 6.30. The van der Waals surface area contributed by atoms with E-state index < -0.39 is 0 Å². The van der Waals surface area contributed by atoms with Crippen molar-refractivity contribution in [1.29, 1.82) is 0 Å². The first-order chi connectivity index (χ1) is 9.63. The number of halogens is 1. The lowest BCUT2D eigenvalue weighted by Crippen LogP contribution is -2.24. The molecule has 2 rings (SSSR count). The van der Waals surface area contributed by atoms with Gasteiger partial charge < -0.3 is 16.2 Å². The zero-order valence-corrected chi connectivity index (χ0v) is 11.9. The molecule has 6 heteroatoms. The van der Waals surface area contributed by atoms with Crippen molar-refractivity contribution in [1.82, 2.24) is 9.97 Å². The second kappa shape index (κ2) is 6.54. The fraction of sp³-hybridized carbons (Fsp3) is 0.286. The fourth-order valence-electron chi connectivity index (χ4n) is 1.76. The Bertz CT molecular complexity index is 587. The number of anilines is 2. The van der Waals surface area contributed by atoms with Crippen LogP contribution in [-0.4, -0.2) is 27.7 Å². The maximum atomic E-state index is 9.23. The molecule has 0 radical (unpaired) electrons. The first-order valence-electron chi connectivity index (χ1n) is 6.40. The normalized spacial score (nSPS) is 12.2. The minimum absolute atomic E-state index is 0.0129. The Hall–Kier alpha value is -1.85. The van der Waals surface area contributed by atoms with E-state index in [2.05, 4.69) is 15.3 Å². The lowest BCUT2D eigenvalue weighted by Gasteiger charge is -2.16. The van der Waals surface area contributed by atoms with Crippen LogP contribution < -0.4 is 11.1 Å². The summed E-state index contributed by atoms with van der Waals surface area (Å²) in [6.45, 7) is 1.98. The monoisotopic (exact) mass is 292 g/mol. The first-order valence-corrected chi connectivity index (χ1v) is 6.77. The van der Waals surface area contributed by atoms with Crippen LogP contribution in [0.4, 0.5) is 11.6 Å². The van der Waals surface area contributed by atoms with Gasteiger partial charge in [0.2, 0.25) is 0 Å². The molecule has 1 aromatic carbocycles. The van der Waals surface area contributed by atoms with Crippen molar-refractivity contribution in [2.75, 3.05) is 17.7 Å². The molecule has 0 aliphatic heterocycles. The van der Waals surface area contributed by atoms with Crippen LogP contribution in [0.1, 0.15) is 13.3 Å². The number of benzene rings is 1. The molecule has 1 atom stereocenters. The zero-order chi connectivity index (χ0) is 14.5. The van der Waals surface area contributed by atoms with Crippen LogP contribution in [0.2, 0.25) is 5.02 Å². The van der Waals surface area contributed by atoms with E-state index in [4.69, 9.17) is 17.3 Å². The number of nitrogen functional groups attached to an aromatic ring is 1. The Balaban J connectivity index is 2.33. The van der Waals surface area contributed by atoms with Gasteiger partial charge in [0.25, 0.3) is 0 Å². The molecule has 0 aliphatic rings. The quantitative estimate of drug-likeness (QED) is 0.789. The van der Waals surface area contributed by atoms with Gasteiger partial charge in [0.1, 0.15) is 0 Å². The number of hydrogen-bond acceptors (Lipinski definition) is 5. The summed E-state index contributed by atoms with van der Waals surface area (Å²) in [7, 11) is 0. The Morgan fingerprint density at radius 1 is 1.45 bits per heavy atom. The highest BCUT2D eigenvalue weighted by Gasteiger charge is 2.11. The lowest BCUT2D eigenvalue weighted by atomic mass is 10.1. The van der Waals surface area contributed by atoms with Crippen molar-refractivity contribution in [2.24, 2.45) is 0 Å². The molecular formula is C14H17ClN4O. The molecule has 1 unspecified atom stereocenters. The summed E-state index contributed by atoms with van der Waals surface area (Å²) < 4.78 is 0. The largest absolute Gasteiger partial charge is 0.394 e. The smallest absolute Gasteiger partial charge is 0.169 e. The van der Waals surface area contributed by atoms with Crippen molar-refractivity contribution in [3.8, 4) is 11.3 Å². The van der Waals surface area contributed by atoms with Gasteiger partial charge in [-0.3, -0.25) is 0 Å². The average molecular weight is 293 g/mol. The van der Waals surface area contributed by atoms with Crippen molar-refractivity contribution in [3.63, 3.8) is 0 Å². The molecule has 0 fully saturated rings. The topological polar surface area (TPSA) is 84.1 Å². The van der Waals surface area contributed by atoms with Crippen molar-refractivity contribution in [2.45, 2.75) is 19.4 Å². The number of nitrogens with two attached hydrogens (primary N) is 1. The Morgan fingerprint density at radius 2 is 2.25 bits per heavy atom. The molecule has 0 saturated carbocycles. The summed E-state index contributed by atoms with van der Waals surface area (Å²) in [6.07, 6.45) is 2.37. The van der Waals surface area contributed by atoms with Crippen LogP contribution in [0.5, 0.6) is 0 Å². The van der Waals surface area contributed by atoms with E-state index in [0.29, 0.717) is 22.4 Å². The molecule has 0 amide bonds. The highest BCUT2D eigenvalue weighted by Crippen LogP contribution is 2.24. The maximum Gasteiger partial charge on any atom is 0.169 e. The first kappa shape index (κ1) is 14.6. The van der Waals surface area contributed by atoms with E-state index in [1.807, 2.05) is 25.1 Å². The van der Waals surface area contributed by atoms with Crippen LogP contribution in [0, 0.1) is 0 Å². The van der Waals surface area contributed by atoms with E-state index in [1.54, 1.807) is 12.3 Å². The second-order valence-corrected chi connectivity index (χ2v) is 4.87. The molecule has 106 valence electrons. The van der Waals surface area contributed by atoms with Crippen LogP contribution in [0.25, 0.3) is 11.3 Å². The summed E-state index contributed by atoms with van der Waals surface area (Å²) >= 11 is 5.97. The fourth-order valence-corrected chi connectivity index (χ4v) is 1.95.